The van der Waals surface area contributed by atoms with Gasteiger partial charge in [-0.05, 0) is 12.3 Å². The van der Waals surface area contributed by atoms with Crippen LogP contribution in [0.5, 0.6) is 0 Å². The van der Waals surface area contributed by atoms with Gasteiger partial charge in [0, 0.05) is 0 Å². The smallest absolute Gasteiger partial charge is 0.240 e. The van der Waals surface area contributed by atoms with E-state index in [1.54, 1.807) is 0 Å². The van der Waals surface area contributed by atoms with Gasteiger partial charge in [0.15, 0.2) is 0 Å². The maximum Gasteiger partial charge on any atom is 0.240 e. The van der Waals surface area contributed by atoms with Gasteiger partial charge < -0.3 is 20.5 Å². The molecule has 18 heavy (non-hydrogen) atoms. The topological polar surface area (TPSA) is 75.8 Å². The Balaban J connectivity index is 2.06. The van der Waals surface area contributed by atoms with Crippen LogP contribution in [0, 0.1) is 5.92 Å². The van der Waals surface area contributed by atoms with Crippen molar-refractivity contribution in [2.45, 2.75) is 50.7 Å². The quantitative estimate of drug-likeness (QED) is 0.728. The van der Waals surface area contributed by atoms with Gasteiger partial charge in [-0.25, -0.2) is 4.39 Å². The van der Waals surface area contributed by atoms with E-state index in [1.807, 2.05) is 13.8 Å². The van der Waals surface area contributed by atoms with Crippen LogP contribution in [0.25, 0.3) is 0 Å². The number of carbonyl (C=O) groups excluding carboxylic acids is 1. The monoisotopic (exact) mass is 260 g/mol. The van der Waals surface area contributed by atoms with Gasteiger partial charge in [0.1, 0.15) is 18.4 Å². The first-order chi connectivity index (χ1) is 8.41. The van der Waals surface area contributed by atoms with Crippen molar-refractivity contribution in [2.75, 3.05) is 13.2 Å². The highest BCUT2D eigenvalue weighted by molar-refractivity contribution is 5.82. The number of alkyl halides is 1. The average Bonchev–Trinajstić information content (AvgIpc) is 2.80. The number of likely N-dealkylation sites (tertiary alicyclic amines) is 1. The van der Waals surface area contributed by atoms with Gasteiger partial charge in [-0.3, -0.25) is 4.79 Å². The highest BCUT2D eigenvalue weighted by atomic mass is 19.1. The Morgan fingerprint density at radius 2 is 2.28 bits per heavy atom. The minimum absolute atomic E-state index is 0.0307. The van der Waals surface area contributed by atoms with Gasteiger partial charge in [0.25, 0.3) is 0 Å². The molecule has 2 aliphatic rings. The van der Waals surface area contributed by atoms with E-state index < -0.39 is 30.5 Å². The number of halogens is 1. The largest absolute Gasteiger partial charge is 0.388 e. The van der Waals surface area contributed by atoms with Crippen molar-refractivity contribution in [3.63, 3.8) is 0 Å². The molecule has 3 N–H and O–H groups in total. The summed E-state index contributed by atoms with van der Waals surface area (Å²) in [5.74, 6) is 0.0108. The van der Waals surface area contributed by atoms with E-state index in [4.69, 9.17) is 10.5 Å². The van der Waals surface area contributed by atoms with Crippen molar-refractivity contribution in [3.05, 3.63) is 0 Å². The molecule has 2 rings (SSSR count). The standard InChI is InChI=1S/C12H21FN2O3/c1-6(2)3-8(14)12(17)15-4-7(13)11-10(15)9(16)5-18-11/h6-11,16H,3-5,14H2,1-2H3/t7-,8-,9?,10+,11+/m0/s1. The first kappa shape index (κ1) is 13.7. The summed E-state index contributed by atoms with van der Waals surface area (Å²) < 4.78 is 18.9. The minimum atomic E-state index is -1.23. The van der Waals surface area contributed by atoms with Gasteiger partial charge in [0.05, 0.1) is 25.2 Å². The number of rotatable bonds is 3. The Kier molecular flexibility index (Phi) is 3.89. The zero-order chi connectivity index (χ0) is 13.4. The second-order valence-electron chi connectivity index (χ2n) is 5.60. The summed E-state index contributed by atoms with van der Waals surface area (Å²) in [7, 11) is 0. The summed E-state index contributed by atoms with van der Waals surface area (Å²) >= 11 is 0. The number of carbonyl (C=O) groups is 1. The normalized spacial score (nSPS) is 37.1. The molecule has 5 nitrogen and oxygen atoms in total. The maximum absolute atomic E-state index is 13.7. The Morgan fingerprint density at radius 3 is 2.89 bits per heavy atom. The number of fused-ring (bicyclic) bond motifs is 1. The lowest BCUT2D eigenvalue weighted by molar-refractivity contribution is -0.135. The van der Waals surface area contributed by atoms with Crippen LogP contribution in [0.1, 0.15) is 20.3 Å². The van der Waals surface area contributed by atoms with Crippen molar-refractivity contribution >= 4 is 5.91 Å². The molecule has 0 aromatic carbocycles. The van der Waals surface area contributed by atoms with Crippen LogP contribution in [-0.2, 0) is 9.53 Å². The molecule has 2 fully saturated rings. The summed E-state index contributed by atoms with van der Waals surface area (Å²) in [5.41, 5.74) is 5.84. The van der Waals surface area contributed by atoms with E-state index in [0.29, 0.717) is 12.3 Å². The van der Waals surface area contributed by atoms with E-state index >= 15 is 0 Å². The molecule has 0 saturated carbocycles. The number of hydrogen-bond acceptors (Lipinski definition) is 4. The van der Waals surface area contributed by atoms with Crippen LogP contribution in [0.15, 0.2) is 0 Å². The number of nitrogens with two attached hydrogens (primary N) is 1. The Bertz CT molecular complexity index is 326. The lowest BCUT2D eigenvalue weighted by atomic mass is 10.0. The van der Waals surface area contributed by atoms with Crippen molar-refractivity contribution in [1.82, 2.24) is 4.90 Å². The number of nitrogens with zero attached hydrogens (tertiary/aromatic N) is 1. The van der Waals surface area contributed by atoms with Crippen LogP contribution in [0.2, 0.25) is 0 Å². The molecule has 0 bridgehead atoms. The molecule has 2 saturated heterocycles. The molecule has 0 radical (unpaired) electrons. The van der Waals surface area contributed by atoms with Crippen molar-refractivity contribution in [2.24, 2.45) is 11.7 Å². The van der Waals surface area contributed by atoms with Gasteiger partial charge in [-0.2, -0.15) is 0 Å². The predicted octanol–water partition coefficient (Wildman–Crippen LogP) is -0.332. The van der Waals surface area contributed by atoms with E-state index in [-0.39, 0.29) is 19.1 Å². The molecule has 1 unspecified atom stereocenters. The second-order valence-corrected chi connectivity index (χ2v) is 5.60. The fraction of sp³-hybridized carbons (Fsp3) is 0.917. The molecular weight excluding hydrogens is 239 g/mol. The third-order valence-electron chi connectivity index (χ3n) is 3.60. The molecule has 0 aliphatic carbocycles. The Hall–Kier alpha value is -0.720. The first-order valence-electron chi connectivity index (χ1n) is 6.41. The molecule has 2 aliphatic heterocycles. The zero-order valence-electron chi connectivity index (χ0n) is 10.8. The van der Waals surface area contributed by atoms with Gasteiger partial charge in [-0.1, -0.05) is 13.8 Å². The first-order valence-corrected chi connectivity index (χ1v) is 6.41. The zero-order valence-corrected chi connectivity index (χ0v) is 10.8. The Morgan fingerprint density at radius 1 is 1.61 bits per heavy atom. The van der Waals surface area contributed by atoms with E-state index in [9.17, 15) is 14.3 Å². The van der Waals surface area contributed by atoms with Crippen LogP contribution >= 0.6 is 0 Å². The van der Waals surface area contributed by atoms with Crippen molar-refractivity contribution < 1.29 is 19.0 Å². The molecule has 1 amide bonds. The maximum atomic E-state index is 13.7. The van der Waals surface area contributed by atoms with Crippen molar-refractivity contribution in [1.29, 1.82) is 0 Å². The van der Waals surface area contributed by atoms with Gasteiger partial charge in [0.2, 0.25) is 5.91 Å². The fourth-order valence-corrected chi connectivity index (χ4v) is 2.80. The van der Waals surface area contributed by atoms with E-state index in [1.165, 1.54) is 4.90 Å². The number of hydrogen-bond donors (Lipinski definition) is 2. The molecule has 6 heteroatoms. The lowest BCUT2D eigenvalue weighted by Crippen LogP contribution is -2.50. The summed E-state index contributed by atoms with van der Waals surface area (Å²) in [4.78, 5) is 13.5. The lowest BCUT2D eigenvalue weighted by Gasteiger charge is -2.28. The third kappa shape index (κ3) is 2.37. The van der Waals surface area contributed by atoms with E-state index in [2.05, 4.69) is 0 Å². The number of ether oxygens (including phenoxy) is 1. The molecule has 0 aromatic rings. The SMILES string of the molecule is CC(C)C[C@H](N)C(=O)N1C[C@H](F)[C@H]2OCC(O)[C@H]21. The highest BCUT2D eigenvalue weighted by Crippen LogP contribution is 2.32. The third-order valence-corrected chi connectivity index (χ3v) is 3.60. The molecule has 104 valence electrons. The number of amides is 1. The molecular formula is C12H21FN2O3. The molecule has 0 aromatic heterocycles. The minimum Gasteiger partial charge on any atom is -0.388 e. The second kappa shape index (κ2) is 5.11. The summed E-state index contributed by atoms with van der Waals surface area (Å²) in [6.07, 6.45) is -2.19. The number of aliphatic hydroxyl groups is 1. The van der Waals surface area contributed by atoms with Crippen LogP contribution in [0.4, 0.5) is 4.39 Å². The molecule has 2 heterocycles. The summed E-state index contributed by atoms with van der Waals surface area (Å²) in [6.45, 7) is 4.01. The summed E-state index contributed by atoms with van der Waals surface area (Å²) in [6, 6.07) is -1.21. The highest BCUT2D eigenvalue weighted by Gasteiger charge is 2.53. The van der Waals surface area contributed by atoms with Gasteiger partial charge in [-0.15, -0.1) is 0 Å². The van der Waals surface area contributed by atoms with Crippen LogP contribution < -0.4 is 5.73 Å². The van der Waals surface area contributed by atoms with E-state index in [0.717, 1.165) is 0 Å². The molecule has 5 atom stereocenters. The fourth-order valence-electron chi connectivity index (χ4n) is 2.80. The number of aliphatic hydroxyl groups excluding tert-OH is 1. The predicted molar refractivity (Wildman–Crippen MR) is 63.6 cm³/mol. The molecule has 0 spiro atoms. The Labute approximate surface area is 106 Å². The van der Waals surface area contributed by atoms with Crippen LogP contribution in [0.3, 0.4) is 0 Å². The summed E-state index contributed by atoms with van der Waals surface area (Å²) in [5, 5.41) is 9.77. The van der Waals surface area contributed by atoms with Crippen molar-refractivity contribution in [3.8, 4) is 0 Å². The van der Waals surface area contributed by atoms with Gasteiger partial charge >= 0.3 is 0 Å². The average molecular weight is 260 g/mol. The van der Waals surface area contributed by atoms with Crippen LogP contribution in [-0.4, -0.2) is 59.5 Å².